The molecule has 0 N–H and O–H groups in total. The SMILES string of the molecule is C[C@]12CC[C@H]3[C@@H](CCC4=CCCC[C@@]43C=O)[C@@H]1CC[C@@H]2O[Si](C)(C)C. The molecule has 0 saturated heterocycles. The molecule has 140 valence electrons. The molecule has 0 spiro atoms. The van der Waals surface area contributed by atoms with Gasteiger partial charge in [0, 0.05) is 5.41 Å². The Hall–Kier alpha value is -0.413. The second kappa shape index (κ2) is 6.05. The summed E-state index contributed by atoms with van der Waals surface area (Å²) in [4.78, 5) is 12.3. The van der Waals surface area contributed by atoms with Gasteiger partial charge in [-0.05, 0) is 101 Å². The maximum Gasteiger partial charge on any atom is 0.184 e. The highest BCUT2D eigenvalue weighted by Crippen LogP contribution is 2.65. The van der Waals surface area contributed by atoms with Gasteiger partial charge in [0.25, 0.3) is 0 Å². The summed E-state index contributed by atoms with van der Waals surface area (Å²) < 4.78 is 6.67. The summed E-state index contributed by atoms with van der Waals surface area (Å²) in [5.41, 5.74) is 1.76. The van der Waals surface area contributed by atoms with E-state index in [2.05, 4.69) is 32.6 Å². The fourth-order valence-corrected chi connectivity index (χ4v) is 8.47. The topological polar surface area (TPSA) is 26.3 Å². The highest BCUT2D eigenvalue weighted by Gasteiger charge is 2.60. The molecule has 4 aliphatic rings. The van der Waals surface area contributed by atoms with Gasteiger partial charge in [-0.15, -0.1) is 0 Å². The zero-order chi connectivity index (χ0) is 17.9. The van der Waals surface area contributed by atoms with Gasteiger partial charge in [-0.2, -0.15) is 0 Å². The number of hydrogen-bond donors (Lipinski definition) is 0. The van der Waals surface area contributed by atoms with Crippen molar-refractivity contribution in [2.24, 2.45) is 28.6 Å². The number of allylic oxidation sites excluding steroid dienone is 2. The quantitative estimate of drug-likeness (QED) is 0.364. The summed E-state index contributed by atoms with van der Waals surface area (Å²) in [6.07, 6.45) is 15.3. The van der Waals surface area contributed by atoms with Crippen molar-refractivity contribution in [2.45, 2.75) is 90.5 Å². The van der Waals surface area contributed by atoms with Crippen LogP contribution in [-0.4, -0.2) is 20.7 Å². The van der Waals surface area contributed by atoms with Gasteiger partial charge in [-0.25, -0.2) is 0 Å². The van der Waals surface area contributed by atoms with E-state index < -0.39 is 8.32 Å². The standard InChI is InChI=1S/C22H36O2Si/c1-21-14-12-19-17(18(21)10-11-20(21)24-25(2,3)4)9-8-16-7-5-6-13-22(16,19)15-23/h7,15,17-20H,5-6,8-14H2,1-4H3/t17-,18-,19-,20-,21-,22+/m0/s1. The maximum atomic E-state index is 12.3. The van der Waals surface area contributed by atoms with Crippen LogP contribution in [0, 0.1) is 28.6 Å². The van der Waals surface area contributed by atoms with E-state index in [1.54, 1.807) is 0 Å². The van der Waals surface area contributed by atoms with E-state index in [9.17, 15) is 4.79 Å². The van der Waals surface area contributed by atoms with Crippen molar-refractivity contribution in [3.63, 3.8) is 0 Å². The van der Waals surface area contributed by atoms with E-state index in [4.69, 9.17) is 4.43 Å². The van der Waals surface area contributed by atoms with Crippen molar-refractivity contribution < 1.29 is 9.22 Å². The number of hydrogen-bond acceptors (Lipinski definition) is 2. The van der Waals surface area contributed by atoms with Crippen LogP contribution in [0.5, 0.6) is 0 Å². The molecule has 0 unspecified atom stereocenters. The van der Waals surface area contributed by atoms with E-state index in [0.29, 0.717) is 17.4 Å². The highest BCUT2D eigenvalue weighted by molar-refractivity contribution is 6.69. The molecular formula is C22H36O2Si. The molecule has 0 aromatic heterocycles. The van der Waals surface area contributed by atoms with Crippen LogP contribution >= 0.6 is 0 Å². The van der Waals surface area contributed by atoms with Crippen LogP contribution in [-0.2, 0) is 9.22 Å². The third kappa shape index (κ3) is 2.72. The third-order valence-electron chi connectivity index (χ3n) is 8.25. The minimum Gasteiger partial charge on any atom is -0.414 e. The first-order valence-corrected chi connectivity index (χ1v) is 14.0. The number of fused-ring (bicyclic) bond motifs is 5. The van der Waals surface area contributed by atoms with Crippen LogP contribution in [0.2, 0.25) is 19.6 Å². The van der Waals surface area contributed by atoms with Crippen molar-refractivity contribution in [1.82, 2.24) is 0 Å². The molecule has 4 rings (SSSR count). The van der Waals surface area contributed by atoms with Gasteiger partial charge in [-0.3, -0.25) is 0 Å². The molecule has 0 heterocycles. The summed E-state index contributed by atoms with van der Waals surface area (Å²) >= 11 is 0. The summed E-state index contributed by atoms with van der Waals surface area (Å²) in [5, 5.41) is 0. The van der Waals surface area contributed by atoms with Gasteiger partial charge in [0.15, 0.2) is 8.32 Å². The highest BCUT2D eigenvalue weighted by atomic mass is 28.4. The molecule has 25 heavy (non-hydrogen) atoms. The Morgan fingerprint density at radius 2 is 1.92 bits per heavy atom. The Morgan fingerprint density at radius 1 is 1.12 bits per heavy atom. The van der Waals surface area contributed by atoms with E-state index in [1.807, 2.05) is 0 Å². The summed E-state index contributed by atoms with van der Waals surface area (Å²) in [6.45, 7) is 9.51. The molecule has 6 atom stereocenters. The molecule has 0 radical (unpaired) electrons. The lowest BCUT2D eigenvalue weighted by Gasteiger charge is -2.57. The Balaban J connectivity index is 1.63. The Bertz CT molecular complexity index is 577. The van der Waals surface area contributed by atoms with Crippen LogP contribution in [0.25, 0.3) is 0 Å². The molecule has 0 aliphatic heterocycles. The third-order valence-corrected chi connectivity index (χ3v) is 9.24. The lowest BCUT2D eigenvalue weighted by molar-refractivity contribution is -0.127. The lowest BCUT2D eigenvalue weighted by atomic mass is 9.47. The van der Waals surface area contributed by atoms with Crippen LogP contribution in [0.15, 0.2) is 11.6 Å². The smallest absolute Gasteiger partial charge is 0.184 e. The van der Waals surface area contributed by atoms with Crippen LogP contribution in [0.1, 0.15) is 64.7 Å². The normalized spacial score (nSPS) is 46.6. The molecule has 0 aromatic carbocycles. The number of carbonyl (C=O) groups is 1. The fourth-order valence-electron chi connectivity index (χ4n) is 7.23. The largest absolute Gasteiger partial charge is 0.414 e. The lowest BCUT2D eigenvalue weighted by Crippen LogP contribution is -2.53. The molecule has 0 aromatic rings. The first-order valence-electron chi connectivity index (χ1n) is 10.6. The van der Waals surface area contributed by atoms with E-state index >= 15 is 0 Å². The van der Waals surface area contributed by atoms with Crippen LogP contribution in [0.4, 0.5) is 0 Å². The monoisotopic (exact) mass is 360 g/mol. The summed E-state index contributed by atoms with van der Waals surface area (Å²) in [7, 11) is -1.50. The van der Waals surface area contributed by atoms with Crippen molar-refractivity contribution in [3.05, 3.63) is 11.6 Å². The summed E-state index contributed by atoms with van der Waals surface area (Å²) in [5.74, 6) is 2.12. The number of aldehydes is 1. The van der Waals surface area contributed by atoms with Crippen LogP contribution in [0.3, 0.4) is 0 Å². The minimum absolute atomic E-state index is 0.0970. The zero-order valence-electron chi connectivity index (χ0n) is 16.6. The summed E-state index contributed by atoms with van der Waals surface area (Å²) in [6, 6.07) is 0. The predicted molar refractivity (Wildman–Crippen MR) is 105 cm³/mol. The first kappa shape index (κ1) is 18.0. The van der Waals surface area contributed by atoms with Crippen molar-refractivity contribution in [1.29, 1.82) is 0 Å². The van der Waals surface area contributed by atoms with Crippen molar-refractivity contribution in [3.8, 4) is 0 Å². The second-order valence-electron chi connectivity index (χ2n) is 10.5. The Kier molecular flexibility index (Phi) is 4.35. The van der Waals surface area contributed by atoms with Gasteiger partial charge in [0.2, 0.25) is 0 Å². The average molecular weight is 361 g/mol. The van der Waals surface area contributed by atoms with Gasteiger partial charge >= 0.3 is 0 Å². The molecule has 0 amide bonds. The van der Waals surface area contributed by atoms with Crippen molar-refractivity contribution in [2.75, 3.05) is 0 Å². The first-order chi connectivity index (χ1) is 11.8. The van der Waals surface area contributed by atoms with E-state index in [-0.39, 0.29) is 5.41 Å². The van der Waals surface area contributed by atoms with Crippen LogP contribution < -0.4 is 0 Å². The van der Waals surface area contributed by atoms with Gasteiger partial charge in [0.05, 0.1) is 6.10 Å². The van der Waals surface area contributed by atoms with E-state index in [1.165, 1.54) is 63.2 Å². The number of rotatable bonds is 3. The maximum absolute atomic E-state index is 12.3. The Morgan fingerprint density at radius 3 is 2.64 bits per heavy atom. The van der Waals surface area contributed by atoms with Gasteiger partial charge in [-0.1, -0.05) is 18.6 Å². The number of carbonyl (C=O) groups excluding carboxylic acids is 1. The molecule has 3 saturated carbocycles. The van der Waals surface area contributed by atoms with Gasteiger partial charge < -0.3 is 9.22 Å². The molecule has 3 fully saturated rings. The van der Waals surface area contributed by atoms with E-state index in [0.717, 1.165) is 18.3 Å². The fraction of sp³-hybridized carbons (Fsp3) is 0.864. The Labute approximate surface area is 154 Å². The molecular weight excluding hydrogens is 324 g/mol. The average Bonchev–Trinajstić information content (AvgIpc) is 2.89. The molecule has 2 nitrogen and oxygen atoms in total. The molecule has 3 heteroatoms. The molecule has 4 aliphatic carbocycles. The minimum atomic E-state index is -1.50. The van der Waals surface area contributed by atoms with Crippen molar-refractivity contribution >= 4 is 14.6 Å². The van der Waals surface area contributed by atoms with Gasteiger partial charge in [0.1, 0.15) is 6.29 Å². The zero-order valence-corrected chi connectivity index (χ0v) is 17.6. The predicted octanol–water partition coefficient (Wildman–Crippen LogP) is 5.74. The molecule has 0 bridgehead atoms. The second-order valence-corrected chi connectivity index (χ2v) is 15.0.